The maximum atomic E-state index is 12.0. The number of fused-ring (bicyclic) bond motifs is 1. The molecular weight excluding hydrogens is 268 g/mol. The van der Waals surface area contributed by atoms with E-state index in [0.29, 0.717) is 5.82 Å². The predicted molar refractivity (Wildman–Crippen MR) is 66.6 cm³/mol. The van der Waals surface area contributed by atoms with E-state index in [-0.39, 0.29) is 23.3 Å². The number of aromatic amines is 1. The van der Waals surface area contributed by atoms with Gasteiger partial charge in [0, 0.05) is 14.1 Å². The van der Waals surface area contributed by atoms with Gasteiger partial charge < -0.3 is 13.8 Å². The van der Waals surface area contributed by atoms with E-state index in [4.69, 9.17) is 4.42 Å². The van der Waals surface area contributed by atoms with Gasteiger partial charge in [-0.15, -0.1) is 0 Å². The molecule has 0 spiro atoms. The van der Waals surface area contributed by atoms with Crippen molar-refractivity contribution < 1.29 is 8.83 Å². The molecule has 0 unspecified atom stereocenters. The highest BCUT2D eigenvalue weighted by Gasteiger charge is 2.14. The summed E-state index contributed by atoms with van der Waals surface area (Å²) in [7, 11) is 2.91. The molecule has 0 saturated carbocycles. The highest BCUT2D eigenvalue weighted by Crippen LogP contribution is 2.08. The van der Waals surface area contributed by atoms with Crippen LogP contribution in [0.1, 0.15) is 11.6 Å². The molecule has 3 aromatic heterocycles. The maximum absolute atomic E-state index is 12.0. The van der Waals surface area contributed by atoms with Crippen LogP contribution in [0.25, 0.3) is 11.2 Å². The zero-order valence-corrected chi connectivity index (χ0v) is 10.7. The average molecular weight is 278 g/mol. The number of hydrogen-bond acceptors (Lipinski definition) is 6. The van der Waals surface area contributed by atoms with Crippen LogP contribution in [0, 0.1) is 0 Å². The second kappa shape index (κ2) is 4.08. The Morgan fingerprint density at radius 1 is 1.25 bits per heavy atom. The lowest BCUT2D eigenvalue weighted by Gasteiger charge is -2.00. The number of nitrogens with zero attached hydrogens (tertiary/aromatic N) is 3. The van der Waals surface area contributed by atoms with E-state index in [1.165, 1.54) is 24.9 Å². The van der Waals surface area contributed by atoms with E-state index >= 15 is 0 Å². The van der Waals surface area contributed by atoms with Crippen LogP contribution in [0.2, 0.25) is 0 Å². The zero-order valence-electron chi connectivity index (χ0n) is 10.7. The molecule has 0 bridgehead atoms. The monoisotopic (exact) mass is 278 g/mol. The summed E-state index contributed by atoms with van der Waals surface area (Å²) in [6.45, 7) is 0. The molecule has 3 aromatic rings. The second-order valence-electron chi connectivity index (χ2n) is 4.32. The average Bonchev–Trinajstić information content (AvgIpc) is 3.01. The van der Waals surface area contributed by atoms with Crippen LogP contribution in [-0.2, 0) is 20.5 Å². The molecule has 104 valence electrons. The molecule has 9 heteroatoms. The lowest BCUT2D eigenvalue weighted by Crippen LogP contribution is -2.36. The number of H-pyrrole nitrogens is 1. The molecule has 3 heterocycles. The molecule has 0 amide bonds. The van der Waals surface area contributed by atoms with Crippen molar-refractivity contribution in [3.8, 4) is 0 Å². The first kappa shape index (κ1) is 12.2. The number of nitrogens with one attached hydrogen (secondary N) is 1. The fraction of sp³-hybridized carbons (Fsp3) is 0.273. The number of imidazole rings is 1. The van der Waals surface area contributed by atoms with Crippen molar-refractivity contribution in [2.24, 2.45) is 14.1 Å². The zero-order chi connectivity index (χ0) is 14.4. The van der Waals surface area contributed by atoms with Crippen LogP contribution in [0.5, 0.6) is 0 Å². The Morgan fingerprint density at radius 2 is 2.00 bits per heavy atom. The number of rotatable bonds is 2. The van der Waals surface area contributed by atoms with Gasteiger partial charge in [-0.05, 0) is 0 Å². The smallest absolute Gasteiger partial charge is 0.399 e. The lowest BCUT2D eigenvalue weighted by molar-refractivity contribution is 0.375. The van der Waals surface area contributed by atoms with Gasteiger partial charge in [0.1, 0.15) is 17.6 Å². The number of hydrogen-bond donors (Lipinski definition) is 1. The lowest BCUT2D eigenvalue weighted by atomic mass is 10.3. The molecule has 1 N–H and O–H groups in total. The van der Waals surface area contributed by atoms with E-state index in [1.807, 2.05) is 0 Å². The summed E-state index contributed by atoms with van der Waals surface area (Å²) in [5.41, 5.74) is -0.458. The summed E-state index contributed by atoms with van der Waals surface area (Å²) >= 11 is 0. The topological polar surface area (TPSA) is 116 Å². The van der Waals surface area contributed by atoms with Gasteiger partial charge in [0.2, 0.25) is 0 Å². The third-order valence-electron chi connectivity index (χ3n) is 2.99. The highest BCUT2D eigenvalue weighted by atomic mass is 16.6. The molecule has 0 fully saturated rings. The molecule has 9 nitrogen and oxygen atoms in total. The van der Waals surface area contributed by atoms with E-state index in [9.17, 15) is 14.4 Å². The molecule has 0 radical (unpaired) electrons. The third-order valence-corrected chi connectivity index (χ3v) is 2.99. The molecule has 0 saturated heterocycles. The standard InChI is InChI=1S/C11H10N4O5/c1-14-8-7(9(16)15(2)10(14)17)12-6(13-8)3-5-4-19-11(18)20-5/h4H,3H2,1-2H3,(H,12,13). The first-order valence-corrected chi connectivity index (χ1v) is 5.69. The van der Waals surface area contributed by atoms with E-state index in [2.05, 4.69) is 14.4 Å². The van der Waals surface area contributed by atoms with Gasteiger partial charge in [-0.3, -0.25) is 13.9 Å². The molecule has 0 aliphatic rings. The van der Waals surface area contributed by atoms with E-state index < -0.39 is 17.1 Å². The SMILES string of the molecule is Cn1c(=O)c2[nH]c(Cc3coc(=O)o3)nc2n(C)c1=O. The molecule has 0 aliphatic carbocycles. The summed E-state index contributed by atoms with van der Waals surface area (Å²) in [6.07, 6.45) is 1.32. The normalized spacial score (nSPS) is 11.3. The van der Waals surface area contributed by atoms with Crippen LogP contribution < -0.4 is 17.1 Å². The molecular formula is C11H10N4O5. The Balaban J connectivity index is 2.18. The van der Waals surface area contributed by atoms with Gasteiger partial charge in [0.25, 0.3) is 5.56 Å². The van der Waals surface area contributed by atoms with Crippen molar-refractivity contribution in [3.63, 3.8) is 0 Å². The van der Waals surface area contributed by atoms with Crippen LogP contribution in [0.3, 0.4) is 0 Å². The third kappa shape index (κ3) is 1.71. The molecule has 20 heavy (non-hydrogen) atoms. The summed E-state index contributed by atoms with van der Waals surface area (Å²) in [4.78, 5) is 41.5. The van der Waals surface area contributed by atoms with Gasteiger partial charge >= 0.3 is 11.5 Å². The minimum Gasteiger partial charge on any atom is -0.399 e. The van der Waals surface area contributed by atoms with Crippen molar-refractivity contribution in [2.75, 3.05) is 0 Å². The summed E-state index contributed by atoms with van der Waals surface area (Å²) in [6, 6.07) is 0. The van der Waals surface area contributed by atoms with Crippen molar-refractivity contribution in [3.05, 3.63) is 49.3 Å². The summed E-state index contributed by atoms with van der Waals surface area (Å²) < 4.78 is 11.5. The fourth-order valence-corrected chi connectivity index (χ4v) is 1.97. The quantitative estimate of drug-likeness (QED) is 0.649. The minimum absolute atomic E-state index is 0.151. The molecule has 3 rings (SSSR count). The minimum atomic E-state index is -0.806. The van der Waals surface area contributed by atoms with E-state index in [1.54, 1.807) is 0 Å². The van der Waals surface area contributed by atoms with Crippen molar-refractivity contribution in [1.29, 1.82) is 0 Å². The first-order valence-electron chi connectivity index (χ1n) is 5.69. The Labute approximate surface area is 110 Å². The Morgan fingerprint density at radius 3 is 2.65 bits per heavy atom. The molecule has 0 aromatic carbocycles. The number of aromatic nitrogens is 4. The fourth-order valence-electron chi connectivity index (χ4n) is 1.97. The van der Waals surface area contributed by atoms with Gasteiger partial charge in [0.15, 0.2) is 11.4 Å². The van der Waals surface area contributed by atoms with Gasteiger partial charge in [-0.2, -0.15) is 0 Å². The Bertz CT molecular complexity index is 967. The Kier molecular flexibility index (Phi) is 2.49. The second-order valence-corrected chi connectivity index (χ2v) is 4.32. The van der Waals surface area contributed by atoms with Crippen LogP contribution >= 0.6 is 0 Å². The summed E-state index contributed by atoms with van der Waals surface area (Å²) in [5.74, 6) is -0.141. The van der Waals surface area contributed by atoms with E-state index in [0.717, 1.165) is 4.57 Å². The largest absolute Gasteiger partial charge is 0.518 e. The Hall–Kier alpha value is -2.84. The van der Waals surface area contributed by atoms with Gasteiger partial charge in [0.05, 0.1) is 6.42 Å². The molecule has 0 aliphatic heterocycles. The maximum Gasteiger partial charge on any atom is 0.518 e. The van der Waals surface area contributed by atoms with Gasteiger partial charge in [-0.1, -0.05) is 0 Å². The van der Waals surface area contributed by atoms with Crippen LogP contribution in [-0.4, -0.2) is 19.1 Å². The highest BCUT2D eigenvalue weighted by molar-refractivity contribution is 5.69. The van der Waals surface area contributed by atoms with Crippen molar-refractivity contribution in [1.82, 2.24) is 19.1 Å². The van der Waals surface area contributed by atoms with Gasteiger partial charge in [-0.25, -0.2) is 14.6 Å². The first-order chi connectivity index (χ1) is 9.47. The predicted octanol–water partition coefficient (Wildman–Crippen LogP) is -0.903. The molecule has 0 atom stereocenters. The van der Waals surface area contributed by atoms with Crippen molar-refractivity contribution in [2.45, 2.75) is 6.42 Å². The summed E-state index contributed by atoms with van der Waals surface area (Å²) in [5, 5.41) is 0. The van der Waals surface area contributed by atoms with Crippen LogP contribution in [0.4, 0.5) is 0 Å². The number of aryl methyl sites for hydroxylation is 1. The van der Waals surface area contributed by atoms with Crippen molar-refractivity contribution >= 4 is 11.2 Å². The van der Waals surface area contributed by atoms with Crippen LogP contribution in [0.15, 0.2) is 29.5 Å².